The van der Waals surface area contributed by atoms with Crippen molar-refractivity contribution in [2.75, 3.05) is 6.61 Å². The number of fused-ring (bicyclic) bond motifs is 5. The number of aliphatic hydroxyl groups excluding tert-OH is 1. The van der Waals surface area contributed by atoms with Crippen LogP contribution in [0.25, 0.3) is 0 Å². The first kappa shape index (κ1) is 18.1. The van der Waals surface area contributed by atoms with Gasteiger partial charge in [-0.15, -0.1) is 0 Å². The Bertz CT molecular complexity index is 837. The molecular weight excluding hydrogens is 352 g/mol. The molecule has 0 spiro atoms. The molecule has 4 rings (SSSR count). The highest BCUT2D eigenvalue weighted by Crippen LogP contribution is 2.63. The van der Waals surface area contributed by atoms with Crippen molar-refractivity contribution in [3.63, 3.8) is 0 Å². The molecule has 1 N–H and O–H groups in total. The highest BCUT2D eigenvalue weighted by Gasteiger charge is 2.79. The van der Waals surface area contributed by atoms with Gasteiger partial charge in [0.25, 0.3) is 0 Å². The Morgan fingerprint density at radius 3 is 2.81 bits per heavy atom. The van der Waals surface area contributed by atoms with Crippen LogP contribution in [0.1, 0.15) is 27.2 Å². The molecule has 0 radical (unpaired) electrons. The van der Waals surface area contributed by atoms with Gasteiger partial charge in [-0.3, -0.25) is 4.79 Å². The fourth-order valence-electron chi connectivity index (χ4n) is 4.77. The quantitative estimate of drug-likeness (QED) is 0.340. The van der Waals surface area contributed by atoms with Crippen LogP contribution >= 0.6 is 0 Å². The van der Waals surface area contributed by atoms with E-state index in [1.54, 1.807) is 32.9 Å². The largest absolute Gasteiger partial charge is 0.457 e. The van der Waals surface area contributed by atoms with Crippen molar-refractivity contribution >= 4 is 17.7 Å². The number of rotatable bonds is 3. The van der Waals surface area contributed by atoms with Crippen LogP contribution < -0.4 is 0 Å². The van der Waals surface area contributed by atoms with E-state index in [0.717, 1.165) is 0 Å². The first-order chi connectivity index (χ1) is 12.7. The van der Waals surface area contributed by atoms with Crippen LogP contribution in [-0.4, -0.2) is 52.8 Å². The summed E-state index contributed by atoms with van der Waals surface area (Å²) in [5, 5.41) is 9.89. The maximum Gasteiger partial charge on any atom is 0.334 e. The summed E-state index contributed by atoms with van der Waals surface area (Å²) in [6.07, 6.45) is 2.01. The maximum absolute atomic E-state index is 13.0. The Morgan fingerprint density at radius 2 is 2.19 bits per heavy atom. The summed E-state index contributed by atoms with van der Waals surface area (Å²) in [5.74, 6) is -3.00. The third kappa shape index (κ3) is 2.12. The molecule has 3 fully saturated rings. The van der Waals surface area contributed by atoms with E-state index < -0.39 is 47.2 Å². The van der Waals surface area contributed by atoms with Crippen molar-refractivity contribution in [2.45, 2.75) is 50.6 Å². The molecule has 0 unspecified atom stereocenters. The molecule has 2 aliphatic heterocycles. The molecule has 2 heterocycles. The minimum atomic E-state index is -1.24. The normalized spacial score (nSPS) is 42.6. The zero-order valence-electron chi connectivity index (χ0n) is 15.5. The molecule has 2 aliphatic carbocycles. The van der Waals surface area contributed by atoms with E-state index in [1.165, 1.54) is 0 Å². The lowest BCUT2D eigenvalue weighted by atomic mass is 9.73. The molecule has 1 saturated carbocycles. The second-order valence-electron chi connectivity index (χ2n) is 7.75. The number of aliphatic hydroxyl groups is 1. The number of hydrogen-bond donors (Lipinski definition) is 1. The van der Waals surface area contributed by atoms with Crippen molar-refractivity contribution in [3.8, 4) is 0 Å². The van der Waals surface area contributed by atoms with Gasteiger partial charge in [0, 0.05) is 17.6 Å². The van der Waals surface area contributed by atoms with E-state index in [1.807, 2.05) is 0 Å². The summed E-state index contributed by atoms with van der Waals surface area (Å²) in [6.45, 7) is 8.53. The summed E-state index contributed by atoms with van der Waals surface area (Å²) in [4.78, 5) is 37.8. The molecule has 7 heteroatoms. The van der Waals surface area contributed by atoms with Gasteiger partial charge in [0.15, 0.2) is 17.5 Å². The Balaban J connectivity index is 1.86. The van der Waals surface area contributed by atoms with Crippen LogP contribution in [0.3, 0.4) is 0 Å². The highest BCUT2D eigenvalue weighted by molar-refractivity contribution is 6.04. The molecule has 0 bridgehead atoms. The van der Waals surface area contributed by atoms with Crippen LogP contribution in [-0.2, 0) is 28.6 Å². The van der Waals surface area contributed by atoms with Gasteiger partial charge in [0.1, 0.15) is 11.7 Å². The number of Topliss-reactive ketones (excluding diaryl/α,β-unsaturated/α-hetero) is 1. The average molecular weight is 374 g/mol. The molecular formula is C20H22O7. The molecule has 6 atom stereocenters. The van der Waals surface area contributed by atoms with Gasteiger partial charge >= 0.3 is 11.9 Å². The fraction of sp³-hybridized carbons (Fsp3) is 0.550. The number of allylic oxidation sites excluding steroid dienone is 1. The minimum Gasteiger partial charge on any atom is -0.457 e. The summed E-state index contributed by atoms with van der Waals surface area (Å²) >= 11 is 0. The second-order valence-corrected chi connectivity index (χ2v) is 7.75. The van der Waals surface area contributed by atoms with E-state index in [2.05, 4.69) is 6.58 Å². The Kier molecular flexibility index (Phi) is 3.78. The summed E-state index contributed by atoms with van der Waals surface area (Å²) in [6, 6.07) is 0. The third-order valence-corrected chi connectivity index (χ3v) is 6.53. The van der Waals surface area contributed by atoms with Gasteiger partial charge in [0.2, 0.25) is 0 Å². The van der Waals surface area contributed by atoms with E-state index >= 15 is 0 Å². The smallest absolute Gasteiger partial charge is 0.334 e. The Morgan fingerprint density at radius 1 is 1.48 bits per heavy atom. The number of ketones is 1. The van der Waals surface area contributed by atoms with Crippen molar-refractivity contribution in [3.05, 3.63) is 35.5 Å². The SMILES string of the molecule is C=C1C(=O)O[C@H]2[C@H]1C(=O)[C@H]1O[C@@]1(C)[C@]1(OC(=O)/C(C)=C/C)CC=C(CO)[C@H]21. The molecule has 144 valence electrons. The first-order valence-electron chi connectivity index (χ1n) is 8.99. The van der Waals surface area contributed by atoms with Gasteiger partial charge in [-0.2, -0.15) is 0 Å². The van der Waals surface area contributed by atoms with Gasteiger partial charge in [-0.05, 0) is 26.3 Å². The molecule has 4 aliphatic rings. The first-order valence-corrected chi connectivity index (χ1v) is 8.99. The van der Waals surface area contributed by atoms with Crippen LogP contribution in [0.5, 0.6) is 0 Å². The average Bonchev–Trinajstić information content (AvgIpc) is 3.10. The van der Waals surface area contributed by atoms with E-state index in [0.29, 0.717) is 11.1 Å². The van der Waals surface area contributed by atoms with Crippen LogP contribution in [0.2, 0.25) is 0 Å². The molecule has 7 nitrogen and oxygen atoms in total. The number of carbonyl (C=O) groups is 3. The van der Waals surface area contributed by atoms with Crippen molar-refractivity contribution in [2.24, 2.45) is 11.8 Å². The third-order valence-electron chi connectivity index (χ3n) is 6.53. The lowest BCUT2D eigenvalue weighted by Gasteiger charge is -2.41. The van der Waals surface area contributed by atoms with Gasteiger partial charge in [-0.1, -0.05) is 18.7 Å². The topological polar surface area (TPSA) is 102 Å². The molecule has 0 aromatic carbocycles. The molecule has 2 saturated heterocycles. The minimum absolute atomic E-state index is 0.0822. The standard InChI is InChI=1S/C20H22O7/c1-5-9(2)17(23)27-20-7-6-11(8-21)13(20)15-12(10(3)18(24)25-15)14(22)16-19(20,4)26-16/h5-6,12-13,15-16,21H,3,7-8H2,1-2,4H3/b9-5+/t12-,13-,15+,16-,19-,20+/m1/s1. The number of esters is 2. The number of epoxide rings is 1. The number of ether oxygens (including phenoxy) is 3. The number of hydrogen-bond acceptors (Lipinski definition) is 7. The second kappa shape index (κ2) is 5.62. The number of carbonyl (C=O) groups excluding carboxylic acids is 3. The van der Waals surface area contributed by atoms with E-state index in [4.69, 9.17) is 14.2 Å². The molecule has 0 aromatic heterocycles. The fourth-order valence-corrected chi connectivity index (χ4v) is 4.77. The van der Waals surface area contributed by atoms with Crippen LogP contribution in [0.15, 0.2) is 35.5 Å². The molecule has 0 amide bonds. The van der Waals surface area contributed by atoms with E-state index in [9.17, 15) is 19.5 Å². The van der Waals surface area contributed by atoms with Crippen molar-refractivity contribution < 1.29 is 33.7 Å². The molecule has 0 aromatic rings. The van der Waals surface area contributed by atoms with Crippen LogP contribution in [0.4, 0.5) is 0 Å². The maximum atomic E-state index is 13.0. The van der Waals surface area contributed by atoms with Gasteiger partial charge in [0.05, 0.1) is 18.4 Å². The predicted molar refractivity (Wildman–Crippen MR) is 92.3 cm³/mol. The predicted octanol–water partition coefficient (Wildman–Crippen LogP) is 1.01. The monoisotopic (exact) mass is 374 g/mol. The zero-order chi connectivity index (χ0) is 19.7. The molecule has 27 heavy (non-hydrogen) atoms. The zero-order valence-corrected chi connectivity index (χ0v) is 15.5. The van der Waals surface area contributed by atoms with Crippen molar-refractivity contribution in [1.82, 2.24) is 0 Å². The van der Waals surface area contributed by atoms with Crippen molar-refractivity contribution in [1.29, 1.82) is 0 Å². The highest BCUT2D eigenvalue weighted by atomic mass is 16.7. The summed E-state index contributed by atoms with van der Waals surface area (Å²) in [5.41, 5.74) is -1.22. The Hall–Kier alpha value is -2.25. The van der Waals surface area contributed by atoms with Gasteiger partial charge < -0.3 is 19.3 Å². The summed E-state index contributed by atoms with van der Waals surface area (Å²) < 4.78 is 17.3. The lowest BCUT2D eigenvalue weighted by molar-refractivity contribution is -0.177. The van der Waals surface area contributed by atoms with Crippen LogP contribution in [0, 0.1) is 11.8 Å². The van der Waals surface area contributed by atoms with E-state index in [-0.39, 0.29) is 24.4 Å². The summed E-state index contributed by atoms with van der Waals surface area (Å²) in [7, 11) is 0. The Labute approximate surface area is 156 Å². The van der Waals surface area contributed by atoms with Gasteiger partial charge in [-0.25, -0.2) is 9.59 Å². The lowest BCUT2D eigenvalue weighted by Crippen LogP contribution is -2.55.